The zero-order chi connectivity index (χ0) is 25.0. The first-order valence-electron chi connectivity index (χ1n) is 11.1. The largest absolute Gasteiger partial charge is 0.444 e. The highest BCUT2D eigenvalue weighted by Crippen LogP contribution is 2.20. The lowest BCUT2D eigenvalue weighted by atomic mass is 9.91. The third-order valence-electron chi connectivity index (χ3n) is 4.67. The zero-order valence-electron chi connectivity index (χ0n) is 19.6. The van der Waals surface area contributed by atoms with Crippen LogP contribution in [0, 0.1) is 0 Å². The minimum absolute atomic E-state index is 0.0675. The monoisotopic (exact) mass is 490 g/mol. The summed E-state index contributed by atoms with van der Waals surface area (Å²) in [5.74, 6) is 0.984. The van der Waals surface area contributed by atoms with Gasteiger partial charge in [0.25, 0.3) is 0 Å². The lowest BCUT2D eigenvalue weighted by Gasteiger charge is -2.30. The predicted octanol–water partition coefficient (Wildman–Crippen LogP) is 6.04. The number of benzene rings is 2. The molecule has 1 aliphatic carbocycles. The van der Waals surface area contributed by atoms with E-state index in [0.717, 1.165) is 25.7 Å². The van der Waals surface area contributed by atoms with Gasteiger partial charge in [-0.2, -0.15) is 0 Å². The second kappa shape index (κ2) is 13.4. The molecule has 1 aliphatic rings. The molecule has 3 rings (SSSR count). The lowest BCUT2D eigenvalue weighted by molar-refractivity contribution is 0.0489. The average Bonchev–Trinajstić information content (AvgIpc) is 2.75. The van der Waals surface area contributed by atoms with Crippen molar-refractivity contribution in [2.45, 2.75) is 64.1 Å². The van der Waals surface area contributed by atoms with Crippen LogP contribution in [0.2, 0.25) is 0 Å². The van der Waals surface area contributed by atoms with Crippen molar-refractivity contribution in [3.8, 4) is 11.5 Å². The van der Waals surface area contributed by atoms with Gasteiger partial charge in [0.2, 0.25) is 0 Å². The molecule has 2 aromatic rings. The number of nitrogens with one attached hydrogen (secondary N) is 2. The van der Waals surface area contributed by atoms with Gasteiger partial charge in [-0.05, 0) is 70.7 Å². The summed E-state index contributed by atoms with van der Waals surface area (Å²) in [6, 6.07) is 17.8. The number of hydrogen-bond acceptors (Lipinski definition) is 6. The van der Waals surface area contributed by atoms with Crippen LogP contribution in [-0.4, -0.2) is 35.3 Å². The Morgan fingerprint density at radius 2 is 1.15 bits per heavy atom. The molecule has 184 valence electrons. The molecule has 2 aromatic carbocycles. The van der Waals surface area contributed by atoms with Crippen LogP contribution in [0.1, 0.15) is 46.5 Å². The Morgan fingerprint density at radius 1 is 0.735 bits per heavy atom. The highest BCUT2D eigenvalue weighted by Gasteiger charge is 2.25. The van der Waals surface area contributed by atoms with Gasteiger partial charge in [0.05, 0.1) is 0 Å². The fourth-order valence-electron chi connectivity index (χ4n) is 3.23. The van der Waals surface area contributed by atoms with Gasteiger partial charge in [-0.1, -0.05) is 36.4 Å². The van der Waals surface area contributed by atoms with Crippen molar-refractivity contribution in [3.63, 3.8) is 0 Å². The summed E-state index contributed by atoms with van der Waals surface area (Å²) in [7, 11) is 0. The molecule has 0 saturated heterocycles. The fraction of sp³-hybridized carbons (Fsp3) is 0.400. The minimum Gasteiger partial charge on any atom is -0.444 e. The lowest BCUT2D eigenvalue weighted by Crippen LogP contribution is -2.45. The SMILES string of the molecule is CC(C)(C)OC(=O)NC1CCC(NC(=O)Oc2ccccc2)CC1.O=C(Cl)Oc1ccccc1. The first-order chi connectivity index (χ1) is 16.1. The zero-order valence-corrected chi connectivity index (χ0v) is 20.3. The van der Waals surface area contributed by atoms with E-state index < -0.39 is 17.1 Å². The molecule has 0 bridgehead atoms. The van der Waals surface area contributed by atoms with E-state index in [2.05, 4.69) is 15.4 Å². The van der Waals surface area contributed by atoms with Crippen molar-refractivity contribution in [1.29, 1.82) is 0 Å². The van der Waals surface area contributed by atoms with Crippen molar-refractivity contribution >= 4 is 29.2 Å². The average molecular weight is 491 g/mol. The molecule has 1 saturated carbocycles. The van der Waals surface area contributed by atoms with E-state index in [-0.39, 0.29) is 18.2 Å². The first-order valence-corrected chi connectivity index (χ1v) is 11.4. The van der Waals surface area contributed by atoms with Gasteiger partial charge in [-0.25, -0.2) is 14.4 Å². The Kier molecular flexibility index (Phi) is 10.7. The molecule has 0 heterocycles. The van der Waals surface area contributed by atoms with Crippen molar-refractivity contribution in [1.82, 2.24) is 10.6 Å². The molecule has 0 aliphatic heterocycles. The molecule has 9 heteroatoms. The molecular weight excluding hydrogens is 460 g/mol. The van der Waals surface area contributed by atoms with Crippen molar-refractivity contribution in [2.24, 2.45) is 0 Å². The second-order valence-electron chi connectivity index (χ2n) is 8.69. The summed E-state index contributed by atoms with van der Waals surface area (Å²) < 4.78 is 15.0. The van der Waals surface area contributed by atoms with Crippen LogP contribution in [0.5, 0.6) is 11.5 Å². The van der Waals surface area contributed by atoms with Gasteiger partial charge >= 0.3 is 17.6 Å². The fourth-order valence-corrected chi connectivity index (χ4v) is 3.32. The molecule has 0 spiro atoms. The molecule has 2 amide bonds. The van der Waals surface area contributed by atoms with Crippen LogP contribution in [0.3, 0.4) is 0 Å². The normalized spacial score (nSPS) is 17.3. The van der Waals surface area contributed by atoms with Crippen molar-refractivity contribution < 1.29 is 28.6 Å². The smallest absolute Gasteiger partial charge is 0.412 e. The summed E-state index contributed by atoms with van der Waals surface area (Å²) in [5.41, 5.74) is -1.31. The number of amides is 2. The van der Waals surface area contributed by atoms with Crippen LogP contribution in [-0.2, 0) is 4.74 Å². The summed E-state index contributed by atoms with van der Waals surface area (Å²) in [5, 5.41) is 5.76. The summed E-state index contributed by atoms with van der Waals surface area (Å²) in [6.45, 7) is 5.52. The van der Waals surface area contributed by atoms with Crippen molar-refractivity contribution in [2.75, 3.05) is 0 Å². The van der Waals surface area contributed by atoms with Gasteiger partial charge in [-0.3, -0.25) is 0 Å². The van der Waals surface area contributed by atoms with E-state index in [0.29, 0.717) is 11.5 Å². The van der Waals surface area contributed by atoms with Crippen LogP contribution >= 0.6 is 11.6 Å². The Bertz CT molecular complexity index is 910. The Balaban J connectivity index is 0.000000340. The molecular formula is C25H31ClN2O6. The minimum atomic E-state index is -0.814. The van der Waals surface area contributed by atoms with Gasteiger partial charge in [0.15, 0.2) is 0 Å². The van der Waals surface area contributed by atoms with Gasteiger partial charge in [0, 0.05) is 23.7 Å². The quantitative estimate of drug-likeness (QED) is 0.507. The number of ether oxygens (including phenoxy) is 3. The molecule has 2 N–H and O–H groups in total. The third-order valence-corrected chi connectivity index (χ3v) is 4.74. The maximum Gasteiger partial charge on any atom is 0.412 e. The molecule has 0 atom stereocenters. The molecule has 1 fully saturated rings. The number of para-hydroxylation sites is 2. The summed E-state index contributed by atoms with van der Waals surface area (Å²) >= 11 is 4.95. The Labute approximate surface area is 204 Å². The van der Waals surface area contributed by atoms with E-state index in [4.69, 9.17) is 21.1 Å². The molecule has 0 unspecified atom stereocenters. The van der Waals surface area contributed by atoms with Crippen LogP contribution < -0.4 is 20.1 Å². The molecule has 8 nitrogen and oxygen atoms in total. The maximum absolute atomic E-state index is 11.9. The topological polar surface area (TPSA) is 103 Å². The Morgan fingerprint density at radius 3 is 1.56 bits per heavy atom. The number of alkyl carbamates (subject to hydrolysis) is 1. The predicted molar refractivity (Wildman–Crippen MR) is 129 cm³/mol. The van der Waals surface area contributed by atoms with E-state index in [1.165, 1.54) is 0 Å². The van der Waals surface area contributed by atoms with Gasteiger partial charge < -0.3 is 24.8 Å². The number of carbonyl (C=O) groups excluding carboxylic acids is 3. The maximum atomic E-state index is 11.9. The van der Waals surface area contributed by atoms with E-state index in [9.17, 15) is 14.4 Å². The highest BCUT2D eigenvalue weighted by molar-refractivity contribution is 6.61. The van der Waals surface area contributed by atoms with Gasteiger partial charge in [-0.15, -0.1) is 0 Å². The van der Waals surface area contributed by atoms with E-state index in [1.807, 2.05) is 45.0 Å². The van der Waals surface area contributed by atoms with Gasteiger partial charge in [0.1, 0.15) is 17.1 Å². The van der Waals surface area contributed by atoms with Crippen LogP contribution in [0.4, 0.5) is 14.4 Å². The Hall–Kier alpha value is -3.26. The van der Waals surface area contributed by atoms with E-state index >= 15 is 0 Å². The number of hydrogen-bond donors (Lipinski definition) is 2. The molecule has 34 heavy (non-hydrogen) atoms. The number of carbonyl (C=O) groups is 3. The summed E-state index contributed by atoms with van der Waals surface area (Å²) in [6.07, 6.45) is 2.37. The van der Waals surface area contributed by atoms with Crippen LogP contribution in [0.25, 0.3) is 0 Å². The first kappa shape index (κ1) is 27.0. The molecule has 0 radical (unpaired) electrons. The van der Waals surface area contributed by atoms with Crippen molar-refractivity contribution in [3.05, 3.63) is 60.7 Å². The van der Waals surface area contributed by atoms with Crippen LogP contribution in [0.15, 0.2) is 60.7 Å². The summed E-state index contributed by atoms with van der Waals surface area (Å²) in [4.78, 5) is 33.8. The third kappa shape index (κ3) is 11.6. The van der Waals surface area contributed by atoms with E-state index in [1.54, 1.807) is 36.4 Å². The number of rotatable bonds is 4. The second-order valence-corrected chi connectivity index (χ2v) is 9.00. The number of halogens is 1. The standard InChI is InChI=1S/C18H26N2O4.C7H5ClO2/c1-18(2,3)24-17(22)20-14-11-9-13(10-12-14)19-16(21)23-15-7-5-4-6-8-15;8-7(9)10-6-4-2-1-3-5-6/h4-8,13-14H,9-12H2,1-3H3,(H,19,21)(H,20,22);1-5H. The molecule has 0 aromatic heterocycles. The highest BCUT2D eigenvalue weighted by atomic mass is 35.5.